The third-order valence-electron chi connectivity index (χ3n) is 0.918. The number of hydrogen-bond acceptors (Lipinski definition) is 1. The van der Waals surface area contributed by atoms with Crippen LogP contribution in [0.1, 0.15) is 6.92 Å². The zero-order valence-corrected chi connectivity index (χ0v) is 4.70. The van der Waals surface area contributed by atoms with Gasteiger partial charge < -0.3 is 5.73 Å². The first-order valence-corrected chi connectivity index (χ1v) is 2.21. The van der Waals surface area contributed by atoms with Crippen LogP contribution in [0.2, 0.25) is 0 Å². The quantitative estimate of drug-likeness (QED) is 0.573. The van der Waals surface area contributed by atoms with Crippen LogP contribution in [-0.4, -0.2) is 12.1 Å². The van der Waals surface area contributed by atoms with Crippen LogP contribution in [0.3, 0.4) is 0 Å². The van der Waals surface area contributed by atoms with Crippen molar-refractivity contribution in [3.8, 4) is 0 Å². The molecule has 0 saturated carbocycles. The zero-order valence-electron chi connectivity index (χ0n) is 4.70. The van der Waals surface area contributed by atoms with Gasteiger partial charge in [-0.1, -0.05) is 0 Å². The molecule has 0 aliphatic carbocycles. The maximum Gasteiger partial charge on any atom is 0.400 e. The summed E-state index contributed by atoms with van der Waals surface area (Å²) in [4.78, 5) is 9.85. The van der Waals surface area contributed by atoms with E-state index in [0.717, 1.165) is 6.92 Å². The van der Waals surface area contributed by atoms with E-state index in [9.17, 15) is 18.0 Å². The summed E-state index contributed by atoms with van der Waals surface area (Å²) >= 11 is 0. The summed E-state index contributed by atoms with van der Waals surface area (Å²) in [6.45, 7) is 0.725. The highest BCUT2D eigenvalue weighted by atomic mass is 19.4. The third kappa shape index (κ3) is 2.34. The first-order valence-electron chi connectivity index (χ1n) is 2.21. The topological polar surface area (TPSA) is 43.1 Å². The van der Waals surface area contributed by atoms with Crippen molar-refractivity contribution in [1.29, 1.82) is 0 Å². The van der Waals surface area contributed by atoms with E-state index in [1.54, 1.807) is 0 Å². The SMILES string of the molecule is C[C@H](C(N)=O)C(F)(F)F. The molecular weight excluding hydrogens is 135 g/mol. The van der Waals surface area contributed by atoms with Crippen molar-refractivity contribution in [3.05, 3.63) is 0 Å². The van der Waals surface area contributed by atoms with E-state index in [4.69, 9.17) is 0 Å². The van der Waals surface area contributed by atoms with Gasteiger partial charge in [0.25, 0.3) is 0 Å². The molecule has 0 heterocycles. The molecule has 0 aliphatic heterocycles. The number of rotatable bonds is 1. The van der Waals surface area contributed by atoms with Gasteiger partial charge in [-0.05, 0) is 6.92 Å². The largest absolute Gasteiger partial charge is 0.400 e. The van der Waals surface area contributed by atoms with E-state index >= 15 is 0 Å². The minimum atomic E-state index is -4.49. The van der Waals surface area contributed by atoms with Gasteiger partial charge in [0.05, 0.1) is 0 Å². The van der Waals surface area contributed by atoms with Crippen molar-refractivity contribution in [2.24, 2.45) is 11.7 Å². The number of carbonyl (C=O) groups excluding carboxylic acids is 1. The summed E-state index contributed by atoms with van der Waals surface area (Å²) in [5, 5.41) is 0. The van der Waals surface area contributed by atoms with Gasteiger partial charge in [-0.3, -0.25) is 4.79 Å². The summed E-state index contributed by atoms with van der Waals surface area (Å²) in [6.07, 6.45) is -4.49. The summed E-state index contributed by atoms with van der Waals surface area (Å²) in [5.41, 5.74) is 4.36. The van der Waals surface area contributed by atoms with E-state index in [1.807, 2.05) is 0 Å². The number of primary amides is 1. The maximum absolute atomic E-state index is 11.4. The molecule has 0 aromatic rings. The minimum absolute atomic E-state index is 0.725. The Bertz CT molecular complexity index is 119. The van der Waals surface area contributed by atoms with Crippen molar-refractivity contribution in [1.82, 2.24) is 0 Å². The molecule has 0 radical (unpaired) electrons. The average molecular weight is 141 g/mol. The van der Waals surface area contributed by atoms with Crippen LogP contribution < -0.4 is 5.73 Å². The predicted molar refractivity (Wildman–Crippen MR) is 24.4 cm³/mol. The second-order valence-electron chi connectivity index (χ2n) is 1.67. The maximum atomic E-state index is 11.4. The summed E-state index contributed by atoms with van der Waals surface area (Å²) in [7, 11) is 0. The van der Waals surface area contributed by atoms with Gasteiger partial charge in [0.15, 0.2) is 0 Å². The van der Waals surface area contributed by atoms with Crippen molar-refractivity contribution in [2.75, 3.05) is 0 Å². The van der Waals surface area contributed by atoms with E-state index in [-0.39, 0.29) is 0 Å². The van der Waals surface area contributed by atoms with Gasteiger partial charge in [-0.15, -0.1) is 0 Å². The fraction of sp³-hybridized carbons (Fsp3) is 0.750. The van der Waals surface area contributed by atoms with Crippen molar-refractivity contribution in [2.45, 2.75) is 13.1 Å². The first-order chi connectivity index (χ1) is 3.85. The highest BCUT2D eigenvalue weighted by molar-refractivity contribution is 5.76. The molecule has 54 valence electrons. The van der Waals surface area contributed by atoms with Crippen molar-refractivity contribution >= 4 is 5.91 Å². The van der Waals surface area contributed by atoms with Gasteiger partial charge in [-0.25, -0.2) is 0 Å². The Balaban J connectivity index is 4.04. The molecule has 0 spiro atoms. The summed E-state index contributed by atoms with van der Waals surface area (Å²) in [6, 6.07) is 0. The molecule has 0 saturated heterocycles. The highest BCUT2D eigenvalue weighted by Gasteiger charge is 2.39. The smallest absolute Gasteiger partial charge is 0.369 e. The van der Waals surface area contributed by atoms with Gasteiger partial charge >= 0.3 is 6.18 Å². The Labute approximate surface area is 49.8 Å². The van der Waals surface area contributed by atoms with Crippen molar-refractivity contribution in [3.63, 3.8) is 0 Å². The monoisotopic (exact) mass is 141 g/mol. The van der Waals surface area contributed by atoms with E-state index in [0.29, 0.717) is 0 Å². The second kappa shape index (κ2) is 2.24. The molecule has 0 aromatic carbocycles. The number of carbonyl (C=O) groups is 1. The Morgan fingerprint density at radius 2 is 1.89 bits per heavy atom. The van der Waals surface area contributed by atoms with Crippen LogP contribution >= 0.6 is 0 Å². The normalized spacial score (nSPS) is 15.1. The molecule has 1 atom stereocenters. The molecule has 9 heavy (non-hydrogen) atoms. The van der Waals surface area contributed by atoms with Crippen LogP contribution in [0, 0.1) is 5.92 Å². The lowest BCUT2D eigenvalue weighted by molar-refractivity contribution is -0.176. The lowest BCUT2D eigenvalue weighted by Gasteiger charge is -2.10. The Morgan fingerprint density at radius 1 is 1.56 bits per heavy atom. The van der Waals surface area contributed by atoms with Crippen LogP contribution in [-0.2, 0) is 4.79 Å². The average Bonchev–Trinajstić information content (AvgIpc) is 1.62. The minimum Gasteiger partial charge on any atom is -0.369 e. The molecular formula is C4H6F3NO. The van der Waals surface area contributed by atoms with Gasteiger partial charge in [0, 0.05) is 0 Å². The molecule has 0 aliphatic rings. The lowest BCUT2D eigenvalue weighted by Crippen LogP contribution is -2.32. The summed E-state index contributed by atoms with van der Waals surface area (Å²) in [5.74, 6) is -3.39. The van der Waals surface area contributed by atoms with Gasteiger partial charge in [0.2, 0.25) is 5.91 Å². The van der Waals surface area contributed by atoms with Crippen LogP contribution in [0.5, 0.6) is 0 Å². The molecule has 2 nitrogen and oxygen atoms in total. The Morgan fingerprint density at radius 3 is 1.89 bits per heavy atom. The van der Waals surface area contributed by atoms with Gasteiger partial charge in [0.1, 0.15) is 5.92 Å². The predicted octanol–water partition coefficient (Wildman–Crippen LogP) is 0.670. The first kappa shape index (κ1) is 8.26. The molecule has 0 fully saturated rings. The van der Waals surface area contributed by atoms with E-state index < -0.39 is 18.0 Å². The zero-order chi connectivity index (χ0) is 7.65. The fourth-order valence-corrected chi connectivity index (χ4v) is 0.161. The highest BCUT2D eigenvalue weighted by Crippen LogP contribution is 2.24. The number of hydrogen-bond donors (Lipinski definition) is 1. The van der Waals surface area contributed by atoms with Crippen LogP contribution in [0.15, 0.2) is 0 Å². The summed E-state index contributed by atoms with van der Waals surface area (Å²) < 4.78 is 34.2. The molecule has 1 amide bonds. The van der Waals surface area contributed by atoms with E-state index in [2.05, 4.69) is 5.73 Å². The fourth-order valence-electron chi connectivity index (χ4n) is 0.161. The molecule has 0 rings (SSSR count). The number of alkyl halides is 3. The molecule has 5 heteroatoms. The molecule has 0 unspecified atom stereocenters. The van der Waals surface area contributed by atoms with Gasteiger partial charge in [-0.2, -0.15) is 13.2 Å². The number of amides is 1. The standard InChI is InChI=1S/C4H6F3NO/c1-2(3(8)9)4(5,6)7/h2H,1H3,(H2,8,9)/t2-/m1/s1. The van der Waals surface area contributed by atoms with Crippen LogP contribution in [0.4, 0.5) is 13.2 Å². The lowest BCUT2D eigenvalue weighted by atomic mass is 10.2. The molecule has 0 aromatic heterocycles. The number of nitrogens with two attached hydrogens (primary N) is 1. The Hall–Kier alpha value is -0.740. The van der Waals surface area contributed by atoms with Crippen LogP contribution in [0.25, 0.3) is 0 Å². The number of halogens is 3. The Kier molecular flexibility index (Phi) is 2.06. The molecule has 0 bridgehead atoms. The third-order valence-corrected chi connectivity index (χ3v) is 0.918. The molecule has 2 N–H and O–H groups in total. The second-order valence-corrected chi connectivity index (χ2v) is 1.67. The van der Waals surface area contributed by atoms with Crippen molar-refractivity contribution < 1.29 is 18.0 Å². The van der Waals surface area contributed by atoms with E-state index in [1.165, 1.54) is 0 Å².